The van der Waals surface area contributed by atoms with Crippen LogP contribution in [0.25, 0.3) is 11.2 Å². The maximum Gasteiger partial charge on any atom is 0.224 e. The molecule has 2 fully saturated rings. The number of hydrogen-bond acceptors (Lipinski definition) is 6. The van der Waals surface area contributed by atoms with Gasteiger partial charge in [-0.3, -0.25) is 9.36 Å². The fraction of sp³-hybridized carbons (Fsp3) is 0.500. The lowest BCUT2D eigenvalue weighted by Crippen LogP contribution is -2.38. The van der Waals surface area contributed by atoms with Gasteiger partial charge in [-0.1, -0.05) is 54.6 Å². The molecule has 0 aliphatic heterocycles. The van der Waals surface area contributed by atoms with E-state index in [1.807, 2.05) is 6.92 Å². The number of aromatic nitrogens is 4. The van der Waals surface area contributed by atoms with E-state index in [2.05, 4.69) is 20.2 Å². The van der Waals surface area contributed by atoms with Crippen LogP contribution in [0.4, 0.5) is 17.6 Å². The van der Waals surface area contributed by atoms with Crippen molar-refractivity contribution in [1.29, 1.82) is 0 Å². The Bertz CT molecular complexity index is 1240. The molecule has 1 aromatic carbocycles. The highest BCUT2D eigenvalue weighted by Gasteiger charge is 2.37. The zero-order chi connectivity index (χ0) is 24.7. The Balaban J connectivity index is 1.54. The first-order chi connectivity index (χ1) is 16.7. The first-order valence-electron chi connectivity index (χ1n) is 12.0. The van der Waals surface area contributed by atoms with Crippen molar-refractivity contribution in [3.05, 3.63) is 33.4 Å². The van der Waals surface area contributed by atoms with Gasteiger partial charge in [-0.05, 0) is 50.7 Å². The van der Waals surface area contributed by atoms with Crippen molar-refractivity contribution in [1.82, 2.24) is 19.5 Å². The first kappa shape index (κ1) is 24.4. The quantitative estimate of drug-likeness (QED) is 0.332. The third-order valence-corrected chi connectivity index (χ3v) is 8.20. The number of benzene rings is 1. The zero-order valence-corrected chi connectivity index (χ0v) is 21.7. The second-order valence-electron chi connectivity index (χ2n) is 9.86. The number of halogens is 3. The molecule has 8 nitrogen and oxygen atoms in total. The first-order valence-corrected chi connectivity index (χ1v) is 13.1. The van der Waals surface area contributed by atoms with Crippen molar-refractivity contribution in [2.75, 3.05) is 10.6 Å². The van der Waals surface area contributed by atoms with Crippen molar-refractivity contribution >= 4 is 69.5 Å². The van der Waals surface area contributed by atoms with Crippen molar-refractivity contribution in [2.24, 2.45) is 11.1 Å². The van der Waals surface area contributed by atoms with Crippen LogP contribution in [0.2, 0.25) is 15.1 Å². The normalized spacial score (nSPS) is 23.0. The molecular formula is C24H28Cl3N7O. The summed E-state index contributed by atoms with van der Waals surface area (Å²) < 4.78 is 2.08. The van der Waals surface area contributed by atoms with Crippen molar-refractivity contribution in [3.8, 4) is 0 Å². The minimum Gasteiger partial charge on any atom is -0.369 e. The molecule has 2 heterocycles. The highest BCUT2D eigenvalue weighted by atomic mass is 35.5. The number of carbonyl (C=O) groups is 1. The maximum atomic E-state index is 12.0. The summed E-state index contributed by atoms with van der Waals surface area (Å²) in [6, 6.07) is 3.72. The molecule has 186 valence electrons. The van der Waals surface area contributed by atoms with E-state index in [0.717, 1.165) is 31.3 Å². The van der Waals surface area contributed by atoms with E-state index in [0.29, 0.717) is 57.1 Å². The van der Waals surface area contributed by atoms with Crippen molar-refractivity contribution in [2.45, 2.75) is 70.4 Å². The fourth-order valence-electron chi connectivity index (χ4n) is 5.16. The van der Waals surface area contributed by atoms with Gasteiger partial charge >= 0.3 is 0 Å². The number of carbonyl (C=O) groups excluding carboxylic acids is 1. The monoisotopic (exact) mass is 535 g/mol. The van der Waals surface area contributed by atoms with Gasteiger partial charge in [-0.25, -0.2) is 9.97 Å². The Labute approximate surface area is 218 Å². The standard InChI is InChI=1S/C24H28Cl3N7O/c1-24(21(28)35)8-6-15(7-9-24)34-20-18(12-29-22(33-20)30-14-4-2-3-5-14)31-23(34)32-19-16(26)10-13(25)11-17(19)27/h10-12,14-15H,2-9H2,1H3,(H2,28,35)(H,31,32)(H,29,30,33)/t15-,24-. The summed E-state index contributed by atoms with van der Waals surface area (Å²) in [4.78, 5) is 26.2. The number of nitrogens with one attached hydrogen (secondary N) is 2. The molecule has 4 N–H and O–H groups in total. The fourth-order valence-corrected chi connectivity index (χ4v) is 6.08. The SMILES string of the molecule is C[C@]1(C(N)=O)CC[C@H](n2c(Nc3c(Cl)cc(Cl)cc3Cl)nc3cnc(NC4CCCC4)nc32)CC1. The molecule has 0 atom stereocenters. The summed E-state index contributed by atoms with van der Waals surface area (Å²) in [6.07, 6.45) is 9.31. The van der Waals surface area contributed by atoms with Crippen LogP contribution in [0.3, 0.4) is 0 Å². The minimum atomic E-state index is -0.507. The average Bonchev–Trinajstić information content (AvgIpc) is 3.44. The predicted octanol–water partition coefficient (Wildman–Crippen LogP) is 6.49. The lowest BCUT2D eigenvalue weighted by atomic mass is 9.73. The highest BCUT2D eigenvalue weighted by Crippen LogP contribution is 2.44. The molecule has 3 aromatic rings. The number of nitrogens with zero attached hydrogens (tertiary/aromatic N) is 4. The van der Waals surface area contributed by atoms with Gasteiger partial charge in [0.1, 0.15) is 5.52 Å². The number of amides is 1. The van der Waals surface area contributed by atoms with Crippen molar-refractivity contribution < 1.29 is 4.79 Å². The Kier molecular flexibility index (Phi) is 6.72. The molecule has 0 spiro atoms. The number of hydrogen-bond donors (Lipinski definition) is 3. The topological polar surface area (TPSA) is 111 Å². The van der Waals surface area contributed by atoms with Crippen LogP contribution >= 0.6 is 34.8 Å². The van der Waals surface area contributed by atoms with E-state index in [-0.39, 0.29) is 11.9 Å². The van der Waals surface area contributed by atoms with E-state index in [9.17, 15) is 4.79 Å². The second kappa shape index (κ2) is 9.64. The lowest BCUT2D eigenvalue weighted by Gasteiger charge is -2.35. The van der Waals surface area contributed by atoms with Gasteiger partial charge in [0, 0.05) is 22.5 Å². The van der Waals surface area contributed by atoms with E-state index in [4.69, 9.17) is 50.5 Å². The maximum absolute atomic E-state index is 12.0. The molecule has 0 bridgehead atoms. The van der Waals surface area contributed by atoms with Gasteiger partial charge in [0.15, 0.2) is 5.65 Å². The Morgan fingerprint density at radius 2 is 1.74 bits per heavy atom. The Morgan fingerprint density at radius 3 is 2.37 bits per heavy atom. The number of fused-ring (bicyclic) bond motifs is 1. The minimum absolute atomic E-state index is 0.0639. The molecule has 11 heteroatoms. The van der Waals surface area contributed by atoms with Gasteiger partial charge in [-0.15, -0.1) is 0 Å². The summed E-state index contributed by atoms with van der Waals surface area (Å²) in [5.74, 6) is 0.901. The molecule has 0 saturated heterocycles. The van der Waals surface area contributed by atoms with E-state index in [1.165, 1.54) is 12.8 Å². The zero-order valence-electron chi connectivity index (χ0n) is 19.5. The number of rotatable bonds is 6. The molecular weight excluding hydrogens is 509 g/mol. The van der Waals surface area contributed by atoms with E-state index in [1.54, 1.807) is 18.3 Å². The molecule has 2 saturated carbocycles. The summed E-state index contributed by atoms with van der Waals surface area (Å²) in [5, 5.41) is 8.01. The van der Waals surface area contributed by atoms with Gasteiger partial charge in [0.25, 0.3) is 0 Å². The molecule has 1 amide bonds. The molecule has 5 rings (SSSR count). The molecule has 0 radical (unpaired) electrons. The second-order valence-corrected chi connectivity index (χ2v) is 11.1. The van der Waals surface area contributed by atoms with Gasteiger partial charge in [0.2, 0.25) is 17.8 Å². The number of primary amides is 1. The van der Waals surface area contributed by atoms with E-state index >= 15 is 0 Å². The molecule has 2 aliphatic rings. The molecule has 2 aromatic heterocycles. The molecule has 2 aliphatic carbocycles. The summed E-state index contributed by atoms with van der Waals surface area (Å²) in [5.41, 5.74) is 7.08. The van der Waals surface area contributed by atoms with Crippen LogP contribution in [-0.2, 0) is 4.79 Å². The lowest BCUT2D eigenvalue weighted by molar-refractivity contribution is -0.128. The van der Waals surface area contributed by atoms with Gasteiger partial charge < -0.3 is 16.4 Å². The highest BCUT2D eigenvalue weighted by molar-refractivity contribution is 6.41. The number of anilines is 3. The van der Waals surface area contributed by atoms with Crippen LogP contribution in [0.1, 0.15) is 64.3 Å². The van der Waals surface area contributed by atoms with Crippen LogP contribution in [-0.4, -0.2) is 31.5 Å². The molecule has 35 heavy (non-hydrogen) atoms. The summed E-state index contributed by atoms with van der Waals surface area (Å²) in [7, 11) is 0. The largest absolute Gasteiger partial charge is 0.369 e. The third-order valence-electron chi connectivity index (χ3n) is 7.38. The Hall–Kier alpha value is -2.29. The summed E-state index contributed by atoms with van der Waals surface area (Å²) in [6.45, 7) is 1.94. The van der Waals surface area contributed by atoms with Crippen LogP contribution in [0, 0.1) is 5.41 Å². The molecule has 0 unspecified atom stereocenters. The predicted molar refractivity (Wildman–Crippen MR) is 141 cm³/mol. The summed E-state index contributed by atoms with van der Waals surface area (Å²) >= 11 is 19.0. The van der Waals surface area contributed by atoms with Gasteiger partial charge in [-0.2, -0.15) is 4.98 Å². The van der Waals surface area contributed by atoms with Crippen molar-refractivity contribution in [3.63, 3.8) is 0 Å². The Morgan fingerprint density at radius 1 is 1.09 bits per heavy atom. The van der Waals surface area contributed by atoms with Crippen LogP contribution < -0.4 is 16.4 Å². The van der Waals surface area contributed by atoms with Crippen LogP contribution in [0.5, 0.6) is 0 Å². The van der Waals surface area contributed by atoms with E-state index < -0.39 is 5.41 Å². The van der Waals surface area contributed by atoms with Crippen LogP contribution in [0.15, 0.2) is 18.3 Å². The number of imidazole rings is 1. The average molecular weight is 537 g/mol. The smallest absolute Gasteiger partial charge is 0.224 e. The third kappa shape index (κ3) is 4.88. The van der Waals surface area contributed by atoms with Gasteiger partial charge in [0.05, 0.1) is 21.9 Å². The number of nitrogens with two attached hydrogens (primary N) is 1.